The second-order valence-electron chi connectivity index (χ2n) is 5.88. The summed E-state index contributed by atoms with van der Waals surface area (Å²) in [4.78, 5) is 16.9. The maximum atomic E-state index is 12.5. The molecule has 0 unspecified atom stereocenters. The van der Waals surface area contributed by atoms with Crippen LogP contribution in [0.2, 0.25) is 0 Å². The van der Waals surface area contributed by atoms with E-state index in [1.807, 2.05) is 43.3 Å². The number of anilines is 1. The van der Waals surface area contributed by atoms with Crippen molar-refractivity contribution >= 4 is 27.5 Å². The van der Waals surface area contributed by atoms with Gasteiger partial charge < -0.3 is 14.8 Å². The number of para-hydroxylation sites is 1. The molecule has 3 aromatic rings. The van der Waals surface area contributed by atoms with E-state index in [1.54, 1.807) is 31.4 Å². The molecule has 0 saturated carbocycles. The van der Waals surface area contributed by atoms with Gasteiger partial charge in [0.25, 0.3) is 5.91 Å². The molecular weight excluding hydrogens is 408 g/mol. The van der Waals surface area contributed by atoms with Gasteiger partial charge in [0.2, 0.25) is 0 Å². The van der Waals surface area contributed by atoms with E-state index in [2.05, 4.69) is 26.2 Å². The molecule has 138 valence electrons. The number of carbonyl (C=O) groups is 1. The Balaban J connectivity index is 1.67. The highest BCUT2D eigenvalue weighted by Crippen LogP contribution is 2.29. The lowest BCUT2D eigenvalue weighted by atomic mass is 10.1. The minimum atomic E-state index is -0.205. The number of halogens is 1. The Morgan fingerprint density at radius 3 is 2.48 bits per heavy atom. The van der Waals surface area contributed by atoms with Crippen LogP contribution in [-0.2, 0) is 11.3 Å². The van der Waals surface area contributed by atoms with E-state index >= 15 is 0 Å². The second kappa shape index (κ2) is 8.79. The van der Waals surface area contributed by atoms with E-state index in [0.29, 0.717) is 29.3 Å². The lowest BCUT2D eigenvalue weighted by Crippen LogP contribution is -2.14. The van der Waals surface area contributed by atoms with Crippen molar-refractivity contribution in [3.05, 3.63) is 82.1 Å². The minimum Gasteiger partial charge on any atom is -0.456 e. The lowest BCUT2D eigenvalue weighted by Gasteiger charge is -2.10. The SMILES string of the molecule is COCc1ccc(C(=O)Nc2ccc(Oc3ccccc3Br)cc2)c(C)n1. The average Bonchev–Trinajstić information content (AvgIpc) is 2.65. The summed E-state index contributed by atoms with van der Waals surface area (Å²) in [5.41, 5.74) is 2.67. The van der Waals surface area contributed by atoms with Gasteiger partial charge in [-0.1, -0.05) is 12.1 Å². The Kier molecular flexibility index (Phi) is 6.21. The Morgan fingerprint density at radius 1 is 1.07 bits per heavy atom. The van der Waals surface area contributed by atoms with E-state index in [4.69, 9.17) is 9.47 Å². The average molecular weight is 427 g/mol. The highest BCUT2D eigenvalue weighted by Gasteiger charge is 2.11. The molecule has 0 fully saturated rings. The number of aryl methyl sites for hydroxylation is 1. The predicted molar refractivity (Wildman–Crippen MR) is 108 cm³/mol. The van der Waals surface area contributed by atoms with Crippen molar-refractivity contribution in [2.24, 2.45) is 0 Å². The molecule has 1 amide bonds. The highest BCUT2D eigenvalue weighted by molar-refractivity contribution is 9.10. The van der Waals surface area contributed by atoms with Gasteiger partial charge in [0, 0.05) is 12.8 Å². The smallest absolute Gasteiger partial charge is 0.257 e. The number of benzene rings is 2. The Labute approximate surface area is 166 Å². The van der Waals surface area contributed by atoms with E-state index in [-0.39, 0.29) is 5.91 Å². The maximum absolute atomic E-state index is 12.5. The first kappa shape index (κ1) is 19.1. The molecule has 0 aliphatic rings. The summed E-state index contributed by atoms with van der Waals surface area (Å²) in [7, 11) is 1.61. The summed E-state index contributed by atoms with van der Waals surface area (Å²) in [5.74, 6) is 1.21. The first-order valence-electron chi connectivity index (χ1n) is 8.36. The van der Waals surface area contributed by atoms with E-state index in [9.17, 15) is 4.79 Å². The Hall–Kier alpha value is -2.70. The van der Waals surface area contributed by atoms with Crippen molar-refractivity contribution in [1.29, 1.82) is 0 Å². The number of carbonyl (C=O) groups excluding carboxylic acids is 1. The first-order valence-corrected chi connectivity index (χ1v) is 9.15. The van der Waals surface area contributed by atoms with Crippen LogP contribution < -0.4 is 10.1 Å². The van der Waals surface area contributed by atoms with Crippen molar-refractivity contribution in [3.8, 4) is 11.5 Å². The maximum Gasteiger partial charge on any atom is 0.257 e. The van der Waals surface area contributed by atoms with E-state index in [1.165, 1.54) is 0 Å². The van der Waals surface area contributed by atoms with Crippen LogP contribution in [0.1, 0.15) is 21.7 Å². The van der Waals surface area contributed by atoms with Crippen LogP contribution in [0.4, 0.5) is 5.69 Å². The molecule has 3 rings (SSSR count). The predicted octanol–water partition coefficient (Wildman–Crippen LogP) is 5.34. The molecule has 0 radical (unpaired) electrons. The highest BCUT2D eigenvalue weighted by atomic mass is 79.9. The normalized spacial score (nSPS) is 10.5. The quantitative estimate of drug-likeness (QED) is 0.577. The van der Waals surface area contributed by atoms with Crippen LogP contribution in [0.25, 0.3) is 0 Å². The van der Waals surface area contributed by atoms with Gasteiger partial charge in [0.15, 0.2) is 0 Å². The molecule has 0 aliphatic carbocycles. The van der Waals surface area contributed by atoms with Crippen molar-refractivity contribution in [1.82, 2.24) is 4.98 Å². The van der Waals surface area contributed by atoms with Crippen LogP contribution in [0.3, 0.4) is 0 Å². The molecule has 1 aromatic heterocycles. The minimum absolute atomic E-state index is 0.205. The number of amides is 1. The molecule has 0 atom stereocenters. The molecular formula is C21H19BrN2O3. The molecule has 1 heterocycles. The van der Waals surface area contributed by atoms with Crippen LogP contribution >= 0.6 is 15.9 Å². The molecule has 2 aromatic carbocycles. The topological polar surface area (TPSA) is 60.5 Å². The van der Waals surface area contributed by atoms with Crippen molar-refractivity contribution in [3.63, 3.8) is 0 Å². The molecule has 5 nitrogen and oxygen atoms in total. The Morgan fingerprint density at radius 2 is 1.81 bits per heavy atom. The summed E-state index contributed by atoms with van der Waals surface area (Å²) in [6.45, 7) is 2.23. The van der Waals surface area contributed by atoms with Crippen LogP contribution in [0, 0.1) is 6.92 Å². The number of hydrogen-bond acceptors (Lipinski definition) is 4. The summed E-state index contributed by atoms with van der Waals surface area (Å²) in [6.07, 6.45) is 0. The van der Waals surface area contributed by atoms with Crippen molar-refractivity contribution in [2.75, 3.05) is 12.4 Å². The van der Waals surface area contributed by atoms with Crippen molar-refractivity contribution in [2.45, 2.75) is 13.5 Å². The Bertz CT molecular complexity index is 942. The van der Waals surface area contributed by atoms with Gasteiger partial charge in [-0.2, -0.15) is 0 Å². The van der Waals surface area contributed by atoms with Gasteiger partial charge in [-0.15, -0.1) is 0 Å². The molecule has 1 N–H and O–H groups in total. The van der Waals surface area contributed by atoms with Crippen molar-refractivity contribution < 1.29 is 14.3 Å². The van der Waals surface area contributed by atoms with Gasteiger partial charge >= 0.3 is 0 Å². The van der Waals surface area contributed by atoms with Gasteiger partial charge in [-0.25, -0.2) is 0 Å². The number of hydrogen-bond donors (Lipinski definition) is 1. The zero-order valence-electron chi connectivity index (χ0n) is 15.0. The number of nitrogens with zero attached hydrogens (tertiary/aromatic N) is 1. The number of pyridine rings is 1. The molecule has 27 heavy (non-hydrogen) atoms. The number of methoxy groups -OCH3 is 1. The third kappa shape index (κ3) is 4.93. The van der Waals surface area contributed by atoms with Gasteiger partial charge in [0.05, 0.1) is 28.0 Å². The zero-order valence-corrected chi connectivity index (χ0v) is 16.6. The monoisotopic (exact) mass is 426 g/mol. The third-order valence-corrected chi connectivity index (χ3v) is 4.51. The van der Waals surface area contributed by atoms with Crippen LogP contribution in [0.15, 0.2) is 65.1 Å². The lowest BCUT2D eigenvalue weighted by molar-refractivity contribution is 0.102. The molecule has 0 saturated heterocycles. The van der Waals surface area contributed by atoms with Gasteiger partial charge in [-0.3, -0.25) is 9.78 Å². The number of ether oxygens (including phenoxy) is 2. The second-order valence-corrected chi connectivity index (χ2v) is 6.73. The largest absolute Gasteiger partial charge is 0.456 e. The first-order chi connectivity index (χ1) is 13.1. The summed E-state index contributed by atoms with van der Waals surface area (Å²) in [6, 6.07) is 18.4. The summed E-state index contributed by atoms with van der Waals surface area (Å²) >= 11 is 3.45. The fourth-order valence-electron chi connectivity index (χ4n) is 2.54. The summed E-state index contributed by atoms with van der Waals surface area (Å²) < 4.78 is 11.8. The fraction of sp³-hybridized carbons (Fsp3) is 0.143. The molecule has 0 bridgehead atoms. The van der Waals surface area contributed by atoms with E-state index < -0.39 is 0 Å². The number of aromatic nitrogens is 1. The van der Waals surface area contributed by atoms with Gasteiger partial charge in [-0.05, 0) is 71.4 Å². The number of nitrogens with one attached hydrogen (secondary N) is 1. The van der Waals surface area contributed by atoms with Crippen LogP contribution in [-0.4, -0.2) is 18.0 Å². The van der Waals surface area contributed by atoms with E-state index in [0.717, 1.165) is 15.9 Å². The number of rotatable bonds is 6. The van der Waals surface area contributed by atoms with Crippen LogP contribution in [0.5, 0.6) is 11.5 Å². The molecule has 0 spiro atoms. The molecule has 0 aliphatic heterocycles. The standard InChI is InChI=1S/C21H19BrN2O3/c1-14-18(12-9-16(23-14)13-26-2)21(25)24-15-7-10-17(11-8-15)27-20-6-4-3-5-19(20)22/h3-12H,13H2,1-2H3,(H,24,25). The van der Waals surface area contributed by atoms with Gasteiger partial charge in [0.1, 0.15) is 11.5 Å². The fourth-order valence-corrected chi connectivity index (χ4v) is 2.91. The summed E-state index contributed by atoms with van der Waals surface area (Å²) in [5, 5.41) is 2.88. The third-order valence-electron chi connectivity index (χ3n) is 3.86. The molecule has 6 heteroatoms. The zero-order chi connectivity index (χ0) is 19.2.